The molecule has 1 fully saturated rings. The molecule has 1 saturated carbocycles. The third kappa shape index (κ3) is 4.22. The van der Waals surface area contributed by atoms with Crippen molar-refractivity contribution in [1.29, 1.82) is 0 Å². The van der Waals surface area contributed by atoms with Crippen LogP contribution in [0.2, 0.25) is 0 Å². The maximum absolute atomic E-state index is 13.7. The molecule has 1 aromatic heterocycles. The molecule has 5 rings (SSSR count). The summed E-state index contributed by atoms with van der Waals surface area (Å²) in [4.78, 5) is 31.0. The topological polar surface area (TPSA) is 61.2 Å². The maximum atomic E-state index is 13.7. The van der Waals surface area contributed by atoms with Crippen molar-refractivity contribution in [2.45, 2.75) is 48.2 Å². The molecule has 36 heavy (non-hydrogen) atoms. The van der Waals surface area contributed by atoms with Gasteiger partial charge in [0.2, 0.25) is 0 Å². The van der Waals surface area contributed by atoms with Crippen LogP contribution in [-0.4, -0.2) is 35.9 Å². The number of hydrogen-bond donors (Lipinski definition) is 0. The zero-order valence-electron chi connectivity index (χ0n) is 19.3. The fourth-order valence-electron chi connectivity index (χ4n) is 4.61. The minimum atomic E-state index is -4.35. The third-order valence-corrected chi connectivity index (χ3v) is 11.6. The molecule has 5 nitrogen and oxygen atoms in total. The second-order valence-electron chi connectivity index (χ2n) is 8.89. The molecular formula is C26H23F4IN2O3. The van der Waals surface area contributed by atoms with Crippen LogP contribution in [0.1, 0.15) is 40.7 Å². The van der Waals surface area contributed by atoms with Gasteiger partial charge in [-0.15, -0.1) is 0 Å². The molecule has 2 aromatic carbocycles. The van der Waals surface area contributed by atoms with Crippen LogP contribution >= 0.6 is 19.8 Å². The quantitative estimate of drug-likeness (QED) is 0.155. The van der Waals surface area contributed by atoms with Gasteiger partial charge in [0, 0.05) is 0 Å². The molecule has 0 N–H and O–H groups in total. The molecule has 1 aliphatic heterocycles. The fraction of sp³-hybridized carbons (Fsp3) is 0.346. The van der Waals surface area contributed by atoms with E-state index in [-0.39, 0.29) is 16.4 Å². The Kier molecular flexibility index (Phi) is 6.42. The number of hydrogen-bond acceptors (Lipinski definition) is 4. The van der Waals surface area contributed by atoms with Gasteiger partial charge in [0.25, 0.3) is 0 Å². The van der Waals surface area contributed by atoms with Gasteiger partial charge in [-0.2, -0.15) is 0 Å². The zero-order valence-corrected chi connectivity index (χ0v) is 21.4. The average molecular weight is 614 g/mol. The number of aryl methyl sites for hydroxylation is 1. The molecule has 190 valence electrons. The first-order valence-electron chi connectivity index (χ1n) is 11.4. The van der Waals surface area contributed by atoms with Gasteiger partial charge in [0.15, 0.2) is 0 Å². The summed E-state index contributed by atoms with van der Waals surface area (Å²) >= 11 is -2.65. The minimum absolute atomic E-state index is 0.186. The monoisotopic (exact) mass is 614 g/mol. The van der Waals surface area contributed by atoms with Crippen LogP contribution in [0.5, 0.6) is 0 Å². The molecule has 0 radical (unpaired) electrons. The summed E-state index contributed by atoms with van der Waals surface area (Å²) in [7, 11) is 0. The number of ether oxygens (including phenoxy) is 1. The van der Waals surface area contributed by atoms with E-state index in [0.717, 1.165) is 11.1 Å². The molecule has 0 saturated heterocycles. The fourth-order valence-corrected chi connectivity index (χ4v) is 9.10. The predicted octanol–water partition coefficient (Wildman–Crippen LogP) is 5.93. The SMILES string of the molecule is Cc1nc2c(c(=O)n1C(c1ccccc1)c1ccccc1)CCI(C(=O)OC1CC(F)(F)C1(F)F)C2. The Morgan fingerprint density at radius 1 is 1.06 bits per heavy atom. The van der Waals surface area contributed by atoms with Gasteiger partial charge >= 0.3 is 212 Å². The molecule has 10 heteroatoms. The molecule has 1 unspecified atom stereocenters. The van der Waals surface area contributed by atoms with Crippen molar-refractivity contribution in [2.75, 3.05) is 4.43 Å². The first-order chi connectivity index (χ1) is 17.1. The van der Waals surface area contributed by atoms with Crippen molar-refractivity contribution in [2.24, 2.45) is 0 Å². The number of carbonyl (C=O) groups excluding carboxylic acids is 1. The summed E-state index contributed by atoms with van der Waals surface area (Å²) in [6, 6.07) is 18.8. The Balaban J connectivity index is 1.44. The van der Waals surface area contributed by atoms with Crippen molar-refractivity contribution in [3.63, 3.8) is 0 Å². The van der Waals surface area contributed by atoms with Crippen molar-refractivity contribution in [3.05, 3.63) is 99.2 Å². The Morgan fingerprint density at radius 2 is 1.64 bits per heavy atom. The third-order valence-electron chi connectivity index (χ3n) is 6.61. The number of aromatic nitrogens is 2. The number of carbonyl (C=O) groups is 1. The summed E-state index contributed by atoms with van der Waals surface area (Å²) in [6.07, 6.45) is -3.00. The molecule has 1 atom stereocenters. The van der Waals surface area contributed by atoms with Crippen LogP contribution in [0.3, 0.4) is 0 Å². The van der Waals surface area contributed by atoms with Crippen LogP contribution < -0.4 is 5.56 Å². The summed E-state index contributed by atoms with van der Waals surface area (Å²) < 4.78 is 59.6. The van der Waals surface area contributed by atoms with Crippen LogP contribution in [-0.2, 0) is 15.6 Å². The van der Waals surface area contributed by atoms with E-state index in [2.05, 4.69) is 4.98 Å². The number of benzene rings is 2. The number of fused-ring (bicyclic) bond motifs is 1. The first-order valence-corrected chi connectivity index (χ1v) is 15.5. The Bertz CT molecular complexity index is 1310. The number of alkyl halides is 6. The Hall–Kier alpha value is -2.76. The molecule has 0 bridgehead atoms. The van der Waals surface area contributed by atoms with Gasteiger partial charge in [0.05, 0.1) is 0 Å². The first kappa shape index (κ1) is 24.9. The normalized spacial score (nSPS) is 20.9. The molecule has 0 spiro atoms. The van der Waals surface area contributed by atoms with E-state index in [9.17, 15) is 27.2 Å². The molecule has 3 aromatic rings. The Morgan fingerprint density at radius 3 is 2.17 bits per heavy atom. The standard InChI is InChI=1S/C26H23F4IN2O3/c1-16-32-20-15-31(24(35)36-21-14-25(27,28)26(21,29)30)13-12-19(20)23(34)33(16)22(17-8-4-2-5-9-17)18-10-6-3-7-11-18/h2-11,21-22H,12-15H2,1H3. The van der Waals surface area contributed by atoms with Crippen LogP contribution in [0, 0.1) is 6.92 Å². The van der Waals surface area contributed by atoms with Gasteiger partial charge in [-0.25, -0.2) is 0 Å². The summed E-state index contributed by atoms with van der Waals surface area (Å²) in [6.45, 7) is 1.73. The predicted molar refractivity (Wildman–Crippen MR) is 134 cm³/mol. The molecule has 2 aliphatic rings. The van der Waals surface area contributed by atoms with E-state index in [1.807, 2.05) is 60.7 Å². The molecule has 2 heterocycles. The molecular weight excluding hydrogens is 591 g/mol. The van der Waals surface area contributed by atoms with Gasteiger partial charge < -0.3 is 0 Å². The molecule has 1 aliphatic carbocycles. The van der Waals surface area contributed by atoms with E-state index in [1.165, 1.54) is 0 Å². The van der Waals surface area contributed by atoms with Crippen LogP contribution in [0.4, 0.5) is 22.4 Å². The van der Waals surface area contributed by atoms with Crippen molar-refractivity contribution in [1.82, 2.24) is 9.55 Å². The number of nitrogens with zero attached hydrogens (tertiary/aromatic N) is 2. The van der Waals surface area contributed by atoms with Crippen molar-refractivity contribution in [3.8, 4) is 0 Å². The van der Waals surface area contributed by atoms with Crippen LogP contribution in [0.25, 0.3) is 0 Å². The zero-order chi connectivity index (χ0) is 25.7. The van der Waals surface area contributed by atoms with E-state index >= 15 is 0 Å². The van der Waals surface area contributed by atoms with E-state index < -0.39 is 54.2 Å². The number of rotatable bonds is 5. The van der Waals surface area contributed by atoms with Crippen molar-refractivity contribution < 1.29 is 27.1 Å². The van der Waals surface area contributed by atoms with E-state index in [1.54, 1.807) is 11.5 Å². The van der Waals surface area contributed by atoms with Crippen molar-refractivity contribution >= 4 is 23.8 Å². The Labute approximate surface area is 211 Å². The molecule has 0 amide bonds. The van der Waals surface area contributed by atoms with Gasteiger partial charge in [0.1, 0.15) is 0 Å². The average Bonchev–Trinajstić information content (AvgIpc) is 2.86. The summed E-state index contributed by atoms with van der Waals surface area (Å²) in [5, 5.41) is 0. The van der Waals surface area contributed by atoms with Crippen LogP contribution in [0.15, 0.2) is 65.5 Å². The van der Waals surface area contributed by atoms with E-state index in [0.29, 0.717) is 21.5 Å². The number of halogens is 5. The second-order valence-corrected chi connectivity index (χ2v) is 14.2. The van der Waals surface area contributed by atoms with Gasteiger partial charge in [-0.05, 0) is 0 Å². The summed E-state index contributed by atoms with van der Waals surface area (Å²) in [5.74, 6) is -8.04. The second kappa shape index (κ2) is 9.28. The van der Waals surface area contributed by atoms with E-state index in [4.69, 9.17) is 4.74 Å². The van der Waals surface area contributed by atoms with Gasteiger partial charge in [-0.3, -0.25) is 0 Å². The summed E-state index contributed by atoms with van der Waals surface area (Å²) in [5.41, 5.74) is 2.61. The van der Waals surface area contributed by atoms with Gasteiger partial charge in [-0.1, -0.05) is 0 Å².